The summed E-state index contributed by atoms with van der Waals surface area (Å²) in [6.07, 6.45) is 5.03. The van der Waals surface area contributed by atoms with Gasteiger partial charge in [0, 0.05) is 16.7 Å². The highest BCUT2D eigenvalue weighted by Gasteiger charge is 2.32. The number of benzene rings is 2. The van der Waals surface area contributed by atoms with E-state index in [1.54, 1.807) is 18.4 Å². The third-order valence-corrected chi connectivity index (χ3v) is 7.21. The van der Waals surface area contributed by atoms with E-state index >= 15 is 0 Å². The Balaban J connectivity index is 1.75. The second-order valence-corrected chi connectivity index (χ2v) is 9.85. The molecule has 3 aromatic rings. The Morgan fingerprint density at radius 2 is 2.00 bits per heavy atom. The van der Waals surface area contributed by atoms with Gasteiger partial charge in [0.2, 0.25) is 0 Å². The molecule has 29 heavy (non-hydrogen) atoms. The number of methoxy groups -OCH3 is 1. The zero-order valence-corrected chi connectivity index (χ0v) is 18.3. The minimum Gasteiger partial charge on any atom is -0.496 e. The number of nitriles is 1. The maximum atomic E-state index is 9.82. The molecule has 1 aliphatic carbocycles. The first-order valence-electron chi connectivity index (χ1n) is 10.1. The maximum absolute atomic E-state index is 9.82. The SMILES string of the molecule is COc1ccc2ccccc2c1C=Nc1sc2c(c1C#N)CC[C@H](C(C)(C)C)C2. The summed E-state index contributed by atoms with van der Waals surface area (Å²) in [4.78, 5) is 6.13. The van der Waals surface area contributed by atoms with Crippen LogP contribution in [0.2, 0.25) is 0 Å². The number of rotatable bonds is 3. The average Bonchev–Trinajstić information content (AvgIpc) is 3.07. The molecule has 4 rings (SSSR count). The minimum absolute atomic E-state index is 0.286. The van der Waals surface area contributed by atoms with Crippen LogP contribution in [-0.2, 0) is 12.8 Å². The van der Waals surface area contributed by atoms with Crippen molar-refractivity contribution in [1.29, 1.82) is 5.26 Å². The third kappa shape index (κ3) is 3.68. The van der Waals surface area contributed by atoms with E-state index in [-0.39, 0.29) is 5.41 Å². The summed E-state index contributed by atoms with van der Waals surface area (Å²) in [5, 5.41) is 12.9. The quantitative estimate of drug-likeness (QED) is 0.459. The second kappa shape index (κ2) is 7.65. The highest BCUT2D eigenvalue weighted by Crippen LogP contribution is 2.45. The summed E-state index contributed by atoms with van der Waals surface area (Å²) in [7, 11) is 1.68. The van der Waals surface area contributed by atoms with E-state index in [1.165, 1.54) is 10.4 Å². The van der Waals surface area contributed by atoms with Crippen molar-refractivity contribution in [3.8, 4) is 11.8 Å². The molecule has 0 radical (unpaired) electrons. The van der Waals surface area contributed by atoms with E-state index in [0.717, 1.165) is 51.9 Å². The van der Waals surface area contributed by atoms with Gasteiger partial charge in [-0.3, -0.25) is 0 Å². The molecular weight excluding hydrogens is 376 g/mol. The van der Waals surface area contributed by atoms with Gasteiger partial charge in [-0.1, -0.05) is 51.1 Å². The molecule has 0 saturated carbocycles. The van der Waals surface area contributed by atoms with Crippen molar-refractivity contribution in [2.24, 2.45) is 16.3 Å². The lowest BCUT2D eigenvalue weighted by Crippen LogP contribution is -2.26. The molecule has 1 aliphatic rings. The van der Waals surface area contributed by atoms with E-state index in [9.17, 15) is 5.26 Å². The predicted octanol–water partition coefficient (Wildman–Crippen LogP) is 6.68. The molecule has 0 spiro atoms. The van der Waals surface area contributed by atoms with E-state index in [2.05, 4.69) is 45.0 Å². The molecule has 1 aromatic heterocycles. The van der Waals surface area contributed by atoms with Gasteiger partial charge in [-0.15, -0.1) is 11.3 Å². The molecule has 0 saturated heterocycles. The molecule has 0 aliphatic heterocycles. The fourth-order valence-electron chi connectivity index (χ4n) is 4.23. The van der Waals surface area contributed by atoms with Crippen LogP contribution in [0.1, 0.15) is 48.8 Å². The van der Waals surface area contributed by atoms with Crippen molar-refractivity contribution in [2.75, 3.05) is 7.11 Å². The number of nitrogens with zero attached hydrogens (tertiary/aromatic N) is 2. The van der Waals surface area contributed by atoms with Crippen molar-refractivity contribution in [1.82, 2.24) is 0 Å². The Bertz CT molecular complexity index is 1130. The van der Waals surface area contributed by atoms with Crippen molar-refractivity contribution < 1.29 is 4.74 Å². The zero-order chi connectivity index (χ0) is 20.6. The number of fused-ring (bicyclic) bond motifs is 2. The largest absolute Gasteiger partial charge is 0.496 e. The van der Waals surface area contributed by atoms with Gasteiger partial charge in [0.1, 0.15) is 16.8 Å². The number of aliphatic imine (C=N–C) groups is 1. The molecule has 1 atom stereocenters. The normalized spacial score (nSPS) is 16.7. The van der Waals surface area contributed by atoms with Crippen LogP contribution in [0.5, 0.6) is 5.75 Å². The number of hydrogen-bond acceptors (Lipinski definition) is 4. The Labute approximate surface area is 176 Å². The van der Waals surface area contributed by atoms with Crippen LogP contribution in [0.4, 0.5) is 5.00 Å². The van der Waals surface area contributed by atoms with Crippen LogP contribution in [0.3, 0.4) is 0 Å². The summed E-state index contributed by atoms with van der Waals surface area (Å²) in [5.41, 5.74) is 3.21. The summed E-state index contributed by atoms with van der Waals surface area (Å²) in [6, 6.07) is 14.7. The first-order valence-corrected chi connectivity index (χ1v) is 10.9. The van der Waals surface area contributed by atoms with Gasteiger partial charge in [-0.05, 0) is 53.0 Å². The van der Waals surface area contributed by atoms with E-state index in [1.807, 2.05) is 24.4 Å². The van der Waals surface area contributed by atoms with Crippen molar-refractivity contribution in [3.05, 3.63) is 58.0 Å². The highest BCUT2D eigenvalue weighted by molar-refractivity contribution is 7.16. The molecule has 2 aromatic carbocycles. The van der Waals surface area contributed by atoms with Crippen LogP contribution < -0.4 is 4.74 Å². The van der Waals surface area contributed by atoms with Crippen LogP contribution in [-0.4, -0.2) is 13.3 Å². The van der Waals surface area contributed by atoms with Crippen LogP contribution in [0.25, 0.3) is 10.8 Å². The molecule has 148 valence electrons. The van der Waals surface area contributed by atoms with Gasteiger partial charge in [0.15, 0.2) is 0 Å². The number of thiophene rings is 1. The van der Waals surface area contributed by atoms with Gasteiger partial charge >= 0.3 is 0 Å². The predicted molar refractivity (Wildman–Crippen MR) is 122 cm³/mol. The lowest BCUT2D eigenvalue weighted by atomic mass is 9.72. The molecule has 1 heterocycles. The fraction of sp³-hybridized carbons (Fsp3) is 0.360. The Morgan fingerprint density at radius 1 is 1.21 bits per heavy atom. The fourth-order valence-corrected chi connectivity index (χ4v) is 5.45. The van der Waals surface area contributed by atoms with Crippen molar-refractivity contribution >= 4 is 33.3 Å². The molecule has 0 fully saturated rings. The number of hydrogen-bond donors (Lipinski definition) is 0. The zero-order valence-electron chi connectivity index (χ0n) is 17.5. The maximum Gasteiger partial charge on any atom is 0.134 e. The van der Waals surface area contributed by atoms with E-state index in [4.69, 9.17) is 9.73 Å². The summed E-state index contributed by atoms with van der Waals surface area (Å²) >= 11 is 1.68. The van der Waals surface area contributed by atoms with Crippen LogP contribution in [0, 0.1) is 22.7 Å². The monoisotopic (exact) mass is 402 g/mol. The van der Waals surface area contributed by atoms with E-state index < -0.39 is 0 Å². The lowest BCUT2D eigenvalue weighted by Gasteiger charge is -2.33. The Morgan fingerprint density at radius 3 is 2.72 bits per heavy atom. The molecule has 0 unspecified atom stereocenters. The average molecular weight is 403 g/mol. The lowest BCUT2D eigenvalue weighted by molar-refractivity contribution is 0.218. The standard InChI is InChI=1S/C25H26N2OS/c1-25(2,3)17-10-11-19-20(14-26)24(29-23(19)13-17)27-15-21-18-8-6-5-7-16(18)9-12-22(21)28-4/h5-9,12,15,17H,10-11,13H2,1-4H3/t17-/m0/s1. The van der Waals surface area contributed by atoms with Gasteiger partial charge in [-0.25, -0.2) is 4.99 Å². The Hall–Kier alpha value is -2.64. The topological polar surface area (TPSA) is 45.4 Å². The molecule has 3 nitrogen and oxygen atoms in total. The van der Waals surface area contributed by atoms with Gasteiger partial charge < -0.3 is 4.74 Å². The van der Waals surface area contributed by atoms with Crippen LogP contribution in [0.15, 0.2) is 41.4 Å². The second-order valence-electron chi connectivity index (χ2n) is 8.76. The summed E-state index contributed by atoms with van der Waals surface area (Å²) in [6.45, 7) is 6.94. The minimum atomic E-state index is 0.286. The highest BCUT2D eigenvalue weighted by atomic mass is 32.1. The molecule has 0 amide bonds. The molecule has 0 N–H and O–H groups in total. The summed E-state index contributed by atoms with van der Waals surface area (Å²) < 4.78 is 5.58. The number of ether oxygens (including phenoxy) is 1. The smallest absolute Gasteiger partial charge is 0.134 e. The Kier molecular flexibility index (Phi) is 5.19. The first kappa shape index (κ1) is 19.7. The molecule has 0 bridgehead atoms. The summed E-state index contributed by atoms with van der Waals surface area (Å²) in [5.74, 6) is 1.44. The molecular formula is C25H26N2OS. The van der Waals surface area contributed by atoms with E-state index in [0.29, 0.717) is 5.92 Å². The van der Waals surface area contributed by atoms with Gasteiger partial charge in [0.05, 0.1) is 12.7 Å². The van der Waals surface area contributed by atoms with Gasteiger partial charge in [0.25, 0.3) is 0 Å². The first-order chi connectivity index (χ1) is 13.9. The third-order valence-electron chi connectivity index (χ3n) is 6.04. The molecule has 4 heteroatoms. The van der Waals surface area contributed by atoms with Gasteiger partial charge in [-0.2, -0.15) is 5.26 Å². The van der Waals surface area contributed by atoms with Crippen molar-refractivity contribution in [2.45, 2.75) is 40.0 Å². The van der Waals surface area contributed by atoms with Crippen LogP contribution >= 0.6 is 11.3 Å². The van der Waals surface area contributed by atoms with Crippen molar-refractivity contribution in [3.63, 3.8) is 0 Å².